The van der Waals surface area contributed by atoms with Crippen LogP contribution in [0.5, 0.6) is 0 Å². The molecule has 2 saturated heterocycles. The summed E-state index contributed by atoms with van der Waals surface area (Å²) in [6, 6.07) is 0. The highest BCUT2D eigenvalue weighted by Crippen LogP contribution is 2.18. The number of aliphatic imine (C=N–C) groups is 1. The zero-order chi connectivity index (χ0) is 13.7. The second-order valence-electron chi connectivity index (χ2n) is 5.23. The molecule has 0 aromatic rings. The summed E-state index contributed by atoms with van der Waals surface area (Å²) < 4.78 is 29.1. The van der Waals surface area contributed by atoms with Gasteiger partial charge in [-0.2, -0.15) is 0 Å². The van der Waals surface area contributed by atoms with E-state index in [1.165, 1.54) is 0 Å². The van der Waals surface area contributed by atoms with E-state index in [2.05, 4.69) is 10.3 Å². The number of guanidine groups is 1. The topological polar surface area (TPSA) is 93.8 Å². The summed E-state index contributed by atoms with van der Waals surface area (Å²) in [5, 5.41) is 2.60. The van der Waals surface area contributed by atoms with E-state index < -0.39 is 9.84 Å². The SMILES string of the molecule is NC(=NCC1CCCO1)NCC1CCCCS1(=O)=O. The molecule has 2 rings (SSSR count). The van der Waals surface area contributed by atoms with Crippen LogP contribution in [0.25, 0.3) is 0 Å². The number of hydrogen-bond donors (Lipinski definition) is 2. The summed E-state index contributed by atoms with van der Waals surface area (Å²) in [6.07, 6.45) is 4.73. The number of rotatable bonds is 4. The summed E-state index contributed by atoms with van der Waals surface area (Å²) in [6.45, 7) is 1.72. The lowest BCUT2D eigenvalue weighted by molar-refractivity contribution is 0.118. The molecule has 3 N–H and O–H groups in total. The highest BCUT2D eigenvalue weighted by Gasteiger charge is 2.28. The lowest BCUT2D eigenvalue weighted by Gasteiger charge is -2.22. The van der Waals surface area contributed by atoms with Gasteiger partial charge in [0, 0.05) is 13.2 Å². The van der Waals surface area contributed by atoms with E-state index in [4.69, 9.17) is 10.5 Å². The van der Waals surface area contributed by atoms with Crippen molar-refractivity contribution in [2.75, 3.05) is 25.4 Å². The van der Waals surface area contributed by atoms with Crippen molar-refractivity contribution >= 4 is 15.8 Å². The molecule has 110 valence electrons. The van der Waals surface area contributed by atoms with Gasteiger partial charge in [0.2, 0.25) is 0 Å². The monoisotopic (exact) mass is 289 g/mol. The van der Waals surface area contributed by atoms with Gasteiger partial charge in [-0.3, -0.25) is 4.99 Å². The first kappa shape index (κ1) is 14.6. The molecule has 2 fully saturated rings. The third kappa shape index (κ3) is 4.35. The first-order chi connectivity index (χ1) is 9.08. The minimum Gasteiger partial charge on any atom is -0.376 e. The molecule has 2 aliphatic heterocycles. The van der Waals surface area contributed by atoms with Crippen molar-refractivity contribution in [1.82, 2.24) is 5.32 Å². The fourth-order valence-corrected chi connectivity index (χ4v) is 4.32. The number of nitrogens with one attached hydrogen (secondary N) is 1. The van der Waals surface area contributed by atoms with Gasteiger partial charge in [0.05, 0.1) is 23.7 Å². The van der Waals surface area contributed by atoms with E-state index in [-0.39, 0.29) is 11.4 Å². The minimum absolute atomic E-state index is 0.166. The van der Waals surface area contributed by atoms with Gasteiger partial charge < -0.3 is 15.8 Å². The molecule has 2 atom stereocenters. The molecular formula is C12H23N3O3S. The van der Waals surface area contributed by atoms with Gasteiger partial charge in [0.15, 0.2) is 15.8 Å². The van der Waals surface area contributed by atoms with Crippen LogP contribution in [0.1, 0.15) is 32.1 Å². The fraction of sp³-hybridized carbons (Fsp3) is 0.917. The molecule has 0 radical (unpaired) electrons. The molecule has 0 saturated carbocycles. The van der Waals surface area contributed by atoms with E-state index in [1.807, 2.05) is 0 Å². The predicted molar refractivity (Wildman–Crippen MR) is 74.9 cm³/mol. The molecule has 0 aliphatic carbocycles. The molecular weight excluding hydrogens is 266 g/mol. The summed E-state index contributed by atoms with van der Waals surface area (Å²) in [7, 11) is -2.95. The Bertz CT molecular complexity index is 416. The third-order valence-corrected chi connectivity index (χ3v) is 5.99. The van der Waals surface area contributed by atoms with Gasteiger partial charge in [-0.05, 0) is 25.7 Å². The zero-order valence-corrected chi connectivity index (χ0v) is 12.0. The second kappa shape index (κ2) is 6.56. The lowest BCUT2D eigenvalue weighted by atomic mass is 10.2. The molecule has 0 bridgehead atoms. The molecule has 2 heterocycles. The molecule has 0 aromatic carbocycles. The van der Waals surface area contributed by atoms with Crippen LogP contribution in [0, 0.1) is 0 Å². The third-order valence-electron chi connectivity index (χ3n) is 3.71. The van der Waals surface area contributed by atoms with Crippen molar-refractivity contribution in [3.63, 3.8) is 0 Å². The minimum atomic E-state index is -2.95. The summed E-state index contributed by atoms with van der Waals surface area (Å²) in [5.74, 6) is 0.614. The van der Waals surface area contributed by atoms with E-state index in [1.54, 1.807) is 0 Å². The molecule has 0 spiro atoms. The predicted octanol–water partition coefficient (Wildman–Crippen LogP) is 0.0370. The van der Waals surface area contributed by atoms with Gasteiger partial charge in [-0.15, -0.1) is 0 Å². The average molecular weight is 289 g/mol. The Hall–Kier alpha value is -0.820. The van der Waals surface area contributed by atoms with E-state index in [0.717, 1.165) is 32.3 Å². The fourth-order valence-electron chi connectivity index (χ4n) is 2.51. The average Bonchev–Trinajstić information content (AvgIpc) is 2.87. The number of nitrogens with two attached hydrogens (primary N) is 1. The largest absolute Gasteiger partial charge is 0.376 e. The Balaban J connectivity index is 1.75. The second-order valence-corrected chi connectivity index (χ2v) is 7.63. The molecule has 7 heteroatoms. The highest BCUT2D eigenvalue weighted by molar-refractivity contribution is 7.92. The van der Waals surface area contributed by atoms with Crippen molar-refractivity contribution in [3.05, 3.63) is 0 Å². The molecule has 6 nitrogen and oxygen atoms in total. The molecule has 0 aromatic heterocycles. The molecule has 0 amide bonds. The first-order valence-electron chi connectivity index (χ1n) is 6.95. The number of hydrogen-bond acceptors (Lipinski definition) is 4. The Morgan fingerprint density at radius 2 is 2.16 bits per heavy atom. The van der Waals surface area contributed by atoms with E-state index in [0.29, 0.717) is 31.2 Å². The maximum absolute atomic E-state index is 11.8. The smallest absolute Gasteiger partial charge is 0.188 e. The Morgan fingerprint density at radius 3 is 2.84 bits per heavy atom. The van der Waals surface area contributed by atoms with Crippen LogP contribution in [0.15, 0.2) is 4.99 Å². The van der Waals surface area contributed by atoms with E-state index >= 15 is 0 Å². The Morgan fingerprint density at radius 1 is 1.32 bits per heavy atom. The van der Waals surface area contributed by atoms with Crippen LogP contribution in [-0.4, -0.2) is 51.2 Å². The van der Waals surface area contributed by atoms with Crippen molar-refractivity contribution in [2.45, 2.75) is 43.5 Å². The Kier molecular flexibility index (Phi) is 5.04. The van der Waals surface area contributed by atoms with Crippen LogP contribution in [-0.2, 0) is 14.6 Å². The van der Waals surface area contributed by atoms with Crippen LogP contribution < -0.4 is 11.1 Å². The van der Waals surface area contributed by atoms with Crippen molar-refractivity contribution in [1.29, 1.82) is 0 Å². The Labute approximate surface area is 114 Å². The number of sulfone groups is 1. The maximum atomic E-state index is 11.8. The molecule has 19 heavy (non-hydrogen) atoms. The van der Waals surface area contributed by atoms with Crippen LogP contribution >= 0.6 is 0 Å². The normalized spacial score (nSPS) is 31.3. The first-order valence-corrected chi connectivity index (χ1v) is 8.66. The van der Waals surface area contributed by atoms with Gasteiger partial charge in [-0.25, -0.2) is 8.42 Å². The maximum Gasteiger partial charge on any atom is 0.188 e. The van der Waals surface area contributed by atoms with Gasteiger partial charge >= 0.3 is 0 Å². The summed E-state index contributed by atoms with van der Waals surface area (Å²) >= 11 is 0. The van der Waals surface area contributed by atoms with Crippen molar-refractivity contribution < 1.29 is 13.2 Å². The molecule has 2 aliphatic rings. The van der Waals surface area contributed by atoms with Crippen LogP contribution in [0.2, 0.25) is 0 Å². The van der Waals surface area contributed by atoms with Gasteiger partial charge in [0.25, 0.3) is 0 Å². The quantitative estimate of drug-likeness (QED) is 0.563. The van der Waals surface area contributed by atoms with Gasteiger partial charge in [0.1, 0.15) is 0 Å². The number of ether oxygens (including phenoxy) is 1. The molecule has 2 unspecified atom stereocenters. The van der Waals surface area contributed by atoms with Gasteiger partial charge in [-0.1, -0.05) is 6.42 Å². The van der Waals surface area contributed by atoms with Crippen LogP contribution in [0.3, 0.4) is 0 Å². The number of nitrogens with zero attached hydrogens (tertiary/aromatic N) is 1. The summed E-state index contributed by atoms with van der Waals surface area (Å²) in [4.78, 5) is 4.20. The lowest BCUT2D eigenvalue weighted by Crippen LogP contribution is -2.42. The van der Waals surface area contributed by atoms with Crippen molar-refractivity contribution in [3.8, 4) is 0 Å². The summed E-state index contributed by atoms with van der Waals surface area (Å²) in [5.41, 5.74) is 5.75. The van der Waals surface area contributed by atoms with Crippen molar-refractivity contribution in [2.24, 2.45) is 10.7 Å². The van der Waals surface area contributed by atoms with E-state index in [9.17, 15) is 8.42 Å². The highest BCUT2D eigenvalue weighted by atomic mass is 32.2. The van der Waals surface area contributed by atoms with Crippen LogP contribution in [0.4, 0.5) is 0 Å². The zero-order valence-electron chi connectivity index (χ0n) is 11.2. The standard InChI is InChI=1S/C12H23N3O3S/c13-12(14-8-10-4-3-6-18-10)15-9-11-5-1-2-7-19(11,16)17/h10-11H,1-9H2,(H3,13,14,15).